The van der Waals surface area contributed by atoms with Crippen molar-refractivity contribution in [2.75, 3.05) is 18.4 Å². The van der Waals surface area contributed by atoms with Crippen LogP contribution >= 0.6 is 0 Å². The Bertz CT molecular complexity index is 710. The fourth-order valence-corrected chi connectivity index (χ4v) is 2.42. The van der Waals surface area contributed by atoms with E-state index in [-0.39, 0.29) is 11.3 Å². The third kappa shape index (κ3) is 4.39. The molecule has 0 aliphatic rings. The summed E-state index contributed by atoms with van der Waals surface area (Å²) < 4.78 is 0. The van der Waals surface area contributed by atoms with Crippen LogP contribution in [0.3, 0.4) is 0 Å². The van der Waals surface area contributed by atoms with Gasteiger partial charge in [-0.3, -0.25) is 19.8 Å². The van der Waals surface area contributed by atoms with E-state index < -0.39 is 10.8 Å². The van der Waals surface area contributed by atoms with Gasteiger partial charge in [0.05, 0.1) is 4.92 Å². The predicted octanol–water partition coefficient (Wildman–Crippen LogP) is 3.69. The Morgan fingerprint density at radius 2 is 1.71 bits per heavy atom. The number of benzene rings is 2. The summed E-state index contributed by atoms with van der Waals surface area (Å²) in [7, 11) is 0. The van der Waals surface area contributed by atoms with Crippen molar-refractivity contribution in [3.8, 4) is 0 Å². The van der Waals surface area contributed by atoms with Crippen LogP contribution in [0.2, 0.25) is 0 Å². The van der Waals surface area contributed by atoms with E-state index in [9.17, 15) is 14.9 Å². The summed E-state index contributed by atoms with van der Waals surface area (Å²) in [6.07, 6.45) is 0. The average molecular weight is 327 g/mol. The van der Waals surface area contributed by atoms with Crippen LogP contribution in [-0.2, 0) is 6.54 Å². The highest BCUT2D eigenvalue weighted by atomic mass is 16.6. The zero-order valence-electron chi connectivity index (χ0n) is 13.9. The molecule has 0 unspecified atom stereocenters. The first kappa shape index (κ1) is 17.6. The first-order valence-electron chi connectivity index (χ1n) is 7.91. The van der Waals surface area contributed by atoms with Crippen LogP contribution in [-0.4, -0.2) is 28.8 Å². The first-order chi connectivity index (χ1) is 11.5. The molecular formula is C18H21N3O3. The zero-order chi connectivity index (χ0) is 17.5. The Hall–Kier alpha value is -2.73. The molecule has 0 radical (unpaired) electrons. The van der Waals surface area contributed by atoms with Gasteiger partial charge < -0.3 is 5.32 Å². The number of hydrogen-bond donors (Lipinski definition) is 1. The van der Waals surface area contributed by atoms with Crippen molar-refractivity contribution in [3.05, 3.63) is 69.8 Å². The lowest BCUT2D eigenvalue weighted by Gasteiger charge is -2.18. The largest absolute Gasteiger partial charge is 0.322 e. The van der Waals surface area contributed by atoms with Gasteiger partial charge in [-0.1, -0.05) is 38.1 Å². The van der Waals surface area contributed by atoms with E-state index in [0.29, 0.717) is 5.69 Å². The molecule has 2 aromatic rings. The maximum atomic E-state index is 12.3. The molecule has 0 fully saturated rings. The van der Waals surface area contributed by atoms with Crippen LogP contribution in [0.25, 0.3) is 0 Å². The number of nitro groups is 1. The Morgan fingerprint density at radius 1 is 1.08 bits per heavy atom. The zero-order valence-corrected chi connectivity index (χ0v) is 13.9. The van der Waals surface area contributed by atoms with E-state index in [2.05, 4.69) is 24.1 Å². The summed E-state index contributed by atoms with van der Waals surface area (Å²) in [4.78, 5) is 25.0. The molecule has 6 heteroatoms. The van der Waals surface area contributed by atoms with Crippen molar-refractivity contribution in [1.29, 1.82) is 0 Å². The molecule has 2 aromatic carbocycles. The number of carbonyl (C=O) groups is 1. The number of anilines is 1. The van der Waals surface area contributed by atoms with Crippen LogP contribution in [0.4, 0.5) is 11.4 Å². The molecule has 126 valence electrons. The summed E-state index contributed by atoms with van der Waals surface area (Å²) in [5, 5.41) is 13.7. The number of para-hydroxylation sites is 1. The summed E-state index contributed by atoms with van der Waals surface area (Å²) >= 11 is 0. The molecule has 24 heavy (non-hydrogen) atoms. The van der Waals surface area contributed by atoms with Gasteiger partial charge in [0, 0.05) is 18.3 Å². The lowest BCUT2D eigenvalue weighted by atomic mass is 10.1. The highest BCUT2D eigenvalue weighted by molar-refractivity contribution is 6.07. The van der Waals surface area contributed by atoms with Gasteiger partial charge in [0.25, 0.3) is 11.6 Å². The van der Waals surface area contributed by atoms with E-state index in [4.69, 9.17) is 0 Å². The van der Waals surface area contributed by atoms with Crippen molar-refractivity contribution in [2.45, 2.75) is 20.4 Å². The number of nitrogens with one attached hydrogen (secondary N) is 1. The van der Waals surface area contributed by atoms with Gasteiger partial charge in [-0.15, -0.1) is 0 Å². The van der Waals surface area contributed by atoms with Crippen molar-refractivity contribution >= 4 is 17.3 Å². The van der Waals surface area contributed by atoms with Gasteiger partial charge in [0.1, 0.15) is 5.56 Å². The van der Waals surface area contributed by atoms with Crippen LogP contribution in [0.1, 0.15) is 29.8 Å². The summed E-state index contributed by atoms with van der Waals surface area (Å²) in [6, 6.07) is 13.4. The lowest BCUT2D eigenvalue weighted by Crippen LogP contribution is -2.22. The molecule has 0 aliphatic carbocycles. The molecule has 0 saturated carbocycles. The van der Waals surface area contributed by atoms with Gasteiger partial charge in [-0.05, 0) is 36.9 Å². The highest BCUT2D eigenvalue weighted by Gasteiger charge is 2.19. The smallest absolute Gasteiger partial charge is 0.282 e. The maximum absolute atomic E-state index is 12.3. The lowest BCUT2D eigenvalue weighted by molar-refractivity contribution is -0.385. The molecule has 6 nitrogen and oxygen atoms in total. The molecule has 0 aliphatic heterocycles. The van der Waals surface area contributed by atoms with Crippen LogP contribution < -0.4 is 5.32 Å². The standard InChI is InChI=1S/C18H21N3O3/c1-3-20(4-2)13-14-9-11-15(12-10-14)19-18(22)16-7-5-6-8-17(16)21(23)24/h5-12H,3-4,13H2,1-2H3,(H,19,22). The molecule has 0 saturated heterocycles. The molecular weight excluding hydrogens is 306 g/mol. The number of nitro benzene ring substituents is 1. The van der Waals surface area contributed by atoms with Crippen molar-refractivity contribution in [3.63, 3.8) is 0 Å². The van der Waals surface area contributed by atoms with Crippen molar-refractivity contribution < 1.29 is 9.72 Å². The molecule has 0 heterocycles. The van der Waals surface area contributed by atoms with Gasteiger partial charge in [0.15, 0.2) is 0 Å². The molecule has 0 atom stereocenters. The van der Waals surface area contributed by atoms with Crippen LogP contribution in [0, 0.1) is 10.1 Å². The van der Waals surface area contributed by atoms with Gasteiger partial charge in [-0.2, -0.15) is 0 Å². The Labute approximate surface area is 141 Å². The Morgan fingerprint density at radius 3 is 2.29 bits per heavy atom. The van der Waals surface area contributed by atoms with Gasteiger partial charge in [0.2, 0.25) is 0 Å². The quantitative estimate of drug-likeness (QED) is 0.621. The molecule has 0 spiro atoms. The minimum absolute atomic E-state index is 0.0507. The maximum Gasteiger partial charge on any atom is 0.282 e. The Balaban J connectivity index is 2.09. The van der Waals surface area contributed by atoms with E-state index in [1.807, 2.05) is 24.3 Å². The number of nitrogens with zero attached hydrogens (tertiary/aromatic N) is 2. The minimum Gasteiger partial charge on any atom is -0.322 e. The second kappa shape index (κ2) is 8.21. The SMILES string of the molecule is CCN(CC)Cc1ccc(NC(=O)c2ccccc2[N+](=O)[O-])cc1. The van der Waals surface area contributed by atoms with E-state index in [1.165, 1.54) is 18.2 Å². The Kier molecular flexibility index (Phi) is 6.03. The third-order valence-corrected chi connectivity index (χ3v) is 3.86. The highest BCUT2D eigenvalue weighted by Crippen LogP contribution is 2.19. The first-order valence-corrected chi connectivity index (χ1v) is 7.91. The average Bonchev–Trinajstić information content (AvgIpc) is 2.61. The van der Waals surface area contributed by atoms with Gasteiger partial charge in [-0.25, -0.2) is 0 Å². The number of carbonyl (C=O) groups excluding carboxylic acids is 1. The molecule has 1 N–H and O–H groups in total. The topological polar surface area (TPSA) is 75.5 Å². The fraction of sp³-hybridized carbons (Fsp3) is 0.278. The minimum atomic E-state index is -0.553. The van der Waals surface area contributed by atoms with E-state index in [0.717, 1.165) is 25.2 Å². The number of amides is 1. The third-order valence-electron chi connectivity index (χ3n) is 3.86. The second-order valence-electron chi connectivity index (χ2n) is 5.39. The predicted molar refractivity (Wildman–Crippen MR) is 94.1 cm³/mol. The van der Waals surface area contributed by atoms with Crippen molar-refractivity contribution in [2.24, 2.45) is 0 Å². The summed E-state index contributed by atoms with van der Waals surface area (Å²) in [6.45, 7) is 7.04. The summed E-state index contributed by atoms with van der Waals surface area (Å²) in [5.74, 6) is -0.487. The second-order valence-corrected chi connectivity index (χ2v) is 5.39. The molecule has 1 amide bonds. The van der Waals surface area contributed by atoms with Gasteiger partial charge >= 0.3 is 0 Å². The number of rotatable bonds is 7. The number of hydrogen-bond acceptors (Lipinski definition) is 4. The van der Waals surface area contributed by atoms with Crippen LogP contribution in [0.15, 0.2) is 48.5 Å². The van der Waals surface area contributed by atoms with E-state index in [1.54, 1.807) is 6.07 Å². The molecule has 0 bridgehead atoms. The van der Waals surface area contributed by atoms with Crippen molar-refractivity contribution in [1.82, 2.24) is 4.90 Å². The van der Waals surface area contributed by atoms with Crippen LogP contribution in [0.5, 0.6) is 0 Å². The fourth-order valence-electron chi connectivity index (χ4n) is 2.42. The normalized spacial score (nSPS) is 10.6. The monoisotopic (exact) mass is 327 g/mol. The molecule has 2 rings (SSSR count). The molecule has 0 aromatic heterocycles. The summed E-state index contributed by atoms with van der Waals surface area (Å²) in [5.41, 5.74) is 1.62. The van der Waals surface area contributed by atoms with E-state index >= 15 is 0 Å².